The first-order valence-electron chi connectivity index (χ1n) is 7.46. The maximum atomic E-state index is 10.8. The lowest BCUT2D eigenvalue weighted by atomic mass is 10.0. The highest BCUT2D eigenvalue weighted by atomic mass is 16.1. The summed E-state index contributed by atoms with van der Waals surface area (Å²) in [6.07, 6.45) is 3.85. The molecule has 2 aromatic rings. The average molecular weight is 296 g/mol. The van der Waals surface area contributed by atoms with Crippen molar-refractivity contribution in [1.82, 2.24) is 14.7 Å². The maximum absolute atomic E-state index is 10.8. The molecule has 3 rings (SSSR count). The van der Waals surface area contributed by atoms with Gasteiger partial charge in [-0.05, 0) is 31.1 Å². The van der Waals surface area contributed by atoms with Gasteiger partial charge in [0.05, 0.1) is 11.4 Å². The van der Waals surface area contributed by atoms with Crippen LogP contribution in [0.4, 0.5) is 5.82 Å². The lowest BCUT2D eigenvalue weighted by Crippen LogP contribution is -2.26. The molecule has 0 fully saturated rings. The molecule has 22 heavy (non-hydrogen) atoms. The zero-order chi connectivity index (χ0) is 15.5. The lowest BCUT2D eigenvalue weighted by Gasteiger charge is -2.21. The number of amides is 1. The quantitative estimate of drug-likeness (QED) is 0.882. The minimum Gasteiger partial charge on any atom is -0.373 e. The van der Waals surface area contributed by atoms with Crippen molar-refractivity contribution in [3.05, 3.63) is 47.7 Å². The Bertz CT molecular complexity index is 703. The highest BCUT2D eigenvalue weighted by Crippen LogP contribution is 2.30. The average Bonchev–Trinajstić information content (AvgIpc) is 2.92. The van der Waals surface area contributed by atoms with Gasteiger partial charge in [-0.1, -0.05) is 24.3 Å². The van der Waals surface area contributed by atoms with Crippen LogP contribution in [-0.4, -0.2) is 41.2 Å². The summed E-state index contributed by atoms with van der Waals surface area (Å²) >= 11 is 0. The highest BCUT2D eigenvalue weighted by molar-refractivity contribution is 5.72. The smallest absolute Gasteiger partial charge is 0.209 e. The predicted molar refractivity (Wildman–Crippen MR) is 88.1 cm³/mol. The number of nitrogens with one attached hydrogen (secondary N) is 1. The Hall–Kier alpha value is -2.56. The zero-order valence-electron chi connectivity index (χ0n) is 12.9. The van der Waals surface area contributed by atoms with E-state index in [1.165, 1.54) is 5.57 Å². The van der Waals surface area contributed by atoms with E-state index >= 15 is 0 Å². The van der Waals surface area contributed by atoms with Gasteiger partial charge >= 0.3 is 0 Å². The molecule has 2 heterocycles. The molecule has 5 nitrogen and oxygen atoms in total. The molecule has 0 atom stereocenters. The molecule has 0 aliphatic carbocycles. The molecule has 5 heteroatoms. The number of anilines is 1. The van der Waals surface area contributed by atoms with Gasteiger partial charge in [0.15, 0.2) is 0 Å². The summed E-state index contributed by atoms with van der Waals surface area (Å²) in [5.74, 6) is 1.000. The fourth-order valence-electron chi connectivity index (χ4n) is 2.85. The van der Waals surface area contributed by atoms with E-state index in [1.54, 1.807) is 4.90 Å². The van der Waals surface area contributed by atoms with Crippen molar-refractivity contribution in [2.75, 3.05) is 25.5 Å². The van der Waals surface area contributed by atoms with E-state index in [2.05, 4.69) is 18.3 Å². The van der Waals surface area contributed by atoms with Crippen LogP contribution in [0, 0.1) is 6.92 Å². The Kier molecular flexibility index (Phi) is 3.96. The van der Waals surface area contributed by atoms with Gasteiger partial charge in [-0.2, -0.15) is 5.10 Å². The Morgan fingerprint density at radius 1 is 1.27 bits per heavy atom. The van der Waals surface area contributed by atoms with Gasteiger partial charge in [0.25, 0.3) is 0 Å². The van der Waals surface area contributed by atoms with Crippen molar-refractivity contribution in [3.8, 4) is 5.69 Å². The minimum absolute atomic E-state index is 0.658. The SMILES string of the molecule is CNc1c(C)c(C2=CCN(C=O)CC2)nn1-c1ccccc1. The van der Waals surface area contributed by atoms with E-state index in [9.17, 15) is 4.79 Å². The van der Waals surface area contributed by atoms with Crippen LogP contribution in [0.1, 0.15) is 17.7 Å². The Labute approximate surface area is 130 Å². The molecule has 0 spiro atoms. The molecule has 114 valence electrons. The summed E-state index contributed by atoms with van der Waals surface area (Å²) in [4.78, 5) is 12.6. The number of para-hydroxylation sites is 1. The second kappa shape index (κ2) is 6.05. The first-order chi connectivity index (χ1) is 10.7. The van der Waals surface area contributed by atoms with Crippen molar-refractivity contribution >= 4 is 17.8 Å². The monoisotopic (exact) mass is 296 g/mol. The molecule has 1 aliphatic rings. The molecule has 1 N–H and O–H groups in total. The summed E-state index contributed by atoms with van der Waals surface area (Å²) in [6.45, 7) is 3.49. The zero-order valence-corrected chi connectivity index (χ0v) is 12.9. The molecule has 1 amide bonds. The van der Waals surface area contributed by atoms with E-state index in [-0.39, 0.29) is 0 Å². The van der Waals surface area contributed by atoms with Gasteiger partial charge in [-0.15, -0.1) is 0 Å². The molecule has 0 bridgehead atoms. The topological polar surface area (TPSA) is 50.2 Å². The summed E-state index contributed by atoms with van der Waals surface area (Å²) in [5, 5.41) is 8.05. The fourth-order valence-corrected chi connectivity index (χ4v) is 2.85. The third-order valence-electron chi connectivity index (χ3n) is 4.05. The standard InChI is InChI=1S/C17H20N4O/c1-13-16(14-8-10-20(12-22)11-9-14)19-21(17(13)18-2)15-6-4-3-5-7-15/h3-8,12,18H,9-11H2,1-2H3. The van der Waals surface area contributed by atoms with Gasteiger partial charge in [0.1, 0.15) is 5.82 Å². The predicted octanol–water partition coefficient (Wildman–Crippen LogP) is 2.47. The van der Waals surface area contributed by atoms with Gasteiger partial charge < -0.3 is 10.2 Å². The molecular weight excluding hydrogens is 276 g/mol. The van der Waals surface area contributed by atoms with Crippen molar-refractivity contribution in [2.45, 2.75) is 13.3 Å². The van der Waals surface area contributed by atoms with Crippen LogP contribution < -0.4 is 5.32 Å². The van der Waals surface area contributed by atoms with Crippen LogP contribution >= 0.6 is 0 Å². The van der Waals surface area contributed by atoms with Gasteiger partial charge in [0.2, 0.25) is 6.41 Å². The Morgan fingerprint density at radius 2 is 2.05 bits per heavy atom. The fraction of sp³-hybridized carbons (Fsp3) is 0.294. The number of aromatic nitrogens is 2. The van der Waals surface area contributed by atoms with Crippen molar-refractivity contribution < 1.29 is 4.79 Å². The number of benzene rings is 1. The lowest BCUT2D eigenvalue weighted by molar-refractivity contribution is -0.117. The van der Waals surface area contributed by atoms with Gasteiger partial charge in [-0.25, -0.2) is 4.68 Å². The van der Waals surface area contributed by atoms with Crippen LogP contribution in [0.15, 0.2) is 36.4 Å². The summed E-state index contributed by atoms with van der Waals surface area (Å²) in [6, 6.07) is 10.1. The third-order valence-corrected chi connectivity index (χ3v) is 4.05. The van der Waals surface area contributed by atoms with Crippen molar-refractivity contribution in [2.24, 2.45) is 0 Å². The number of hydrogen-bond acceptors (Lipinski definition) is 3. The van der Waals surface area contributed by atoms with E-state index in [0.717, 1.165) is 42.1 Å². The highest BCUT2D eigenvalue weighted by Gasteiger charge is 2.20. The molecule has 0 radical (unpaired) electrons. The molecule has 1 aliphatic heterocycles. The molecule has 1 aromatic heterocycles. The summed E-state index contributed by atoms with van der Waals surface area (Å²) in [7, 11) is 1.91. The van der Waals surface area contributed by atoms with Crippen LogP contribution in [-0.2, 0) is 4.79 Å². The van der Waals surface area contributed by atoms with Crippen molar-refractivity contribution in [3.63, 3.8) is 0 Å². The molecule has 0 saturated heterocycles. The molecule has 1 aromatic carbocycles. The third kappa shape index (κ3) is 2.50. The molecular formula is C17H20N4O. The van der Waals surface area contributed by atoms with Crippen LogP contribution in [0.25, 0.3) is 11.3 Å². The minimum atomic E-state index is 0.658. The van der Waals surface area contributed by atoms with Crippen LogP contribution in [0.2, 0.25) is 0 Å². The van der Waals surface area contributed by atoms with Crippen LogP contribution in [0.3, 0.4) is 0 Å². The van der Waals surface area contributed by atoms with E-state index in [0.29, 0.717) is 6.54 Å². The first kappa shape index (κ1) is 14.4. The number of hydrogen-bond donors (Lipinski definition) is 1. The summed E-state index contributed by atoms with van der Waals surface area (Å²) in [5.41, 5.74) is 4.39. The van der Waals surface area contributed by atoms with Crippen LogP contribution in [0.5, 0.6) is 0 Å². The molecule has 0 unspecified atom stereocenters. The number of nitrogens with zero attached hydrogens (tertiary/aromatic N) is 3. The number of carbonyl (C=O) groups excluding carboxylic acids is 1. The van der Waals surface area contributed by atoms with E-state index < -0.39 is 0 Å². The molecule has 0 saturated carbocycles. The largest absolute Gasteiger partial charge is 0.373 e. The maximum Gasteiger partial charge on any atom is 0.209 e. The van der Waals surface area contributed by atoms with Gasteiger partial charge in [0, 0.05) is 25.7 Å². The van der Waals surface area contributed by atoms with Crippen molar-refractivity contribution in [1.29, 1.82) is 0 Å². The number of rotatable bonds is 4. The number of carbonyl (C=O) groups is 1. The van der Waals surface area contributed by atoms with Gasteiger partial charge in [-0.3, -0.25) is 4.79 Å². The summed E-state index contributed by atoms with van der Waals surface area (Å²) < 4.78 is 1.94. The Morgan fingerprint density at radius 3 is 2.64 bits per heavy atom. The van der Waals surface area contributed by atoms with E-state index in [4.69, 9.17) is 5.10 Å². The Balaban J connectivity index is 2.02. The first-order valence-corrected chi connectivity index (χ1v) is 7.46. The second-order valence-corrected chi connectivity index (χ2v) is 5.40. The normalized spacial score (nSPS) is 14.6. The second-order valence-electron chi connectivity index (χ2n) is 5.40. The van der Waals surface area contributed by atoms with E-state index in [1.807, 2.05) is 42.1 Å².